The molecule has 16 nitrogen and oxygen atoms in total. The number of benzene rings is 1. The molecule has 272 valence electrons. The van der Waals surface area contributed by atoms with Gasteiger partial charge in [-0.1, -0.05) is 0 Å². The summed E-state index contributed by atoms with van der Waals surface area (Å²) >= 11 is 5.70. The Morgan fingerprint density at radius 2 is 1.37 bits per heavy atom. The number of carbonyl (C=O) groups is 7. The second-order valence-electron chi connectivity index (χ2n) is 11.1. The van der Waals surface area contributed by atoms with Crippen LogP contribution in [0, 0.1) is 10.7 Å². The van der Waals surface area contributed by atoms with E-state index in [1.807, 2.05) is 67.8 Å². The zero-order chi connectivity index (χ0) is 37.2. The maximum Gasteiger partial charge on any atom is 0.303 e. The number of halogens is 3. The molecule has 0 bridgehead atoms. The lowest BCUT2D eigenvalue weighted by Gasteiger charge is -2.28. The lowest BCUT2D eigenvalue weighted by Crippen LogP contribution is -2.50. The van der Waals surface area contributed by atoms with Crippen LogP contribution in [0.5, 0.6) is 0 Å². The number of hydrogen-bond acceptors (Lipinski definition) is 14. The summed E-state index contributed by atoms with van der Waals surface area (Å²) in [4.78, 5) is 86.6. The first-order chi connectivity index (χ1) is 22.7. The van der Waals surface area contributed by atoms with E-state index in [-0.39, 0.29) is 34.5 Å². The van der Waals surface area contributed by atoms with E-state index in [4.69, 9.17) is 33.2 Å². The fraction of sp³-hybridized carbons (Fsp3) is 0.567. The van der Waals surface area contributed by atoms with E-state index in [1.54, 1.807) is 13.8 Å². The van der Waals surface area contributed by atoms with Crippen LogP contribution in [0.1, 0.15) is 70.8 Å². The van der Waals surface area contributed by atoms with Gasteiger partial charge < -0.3 is 43.8 Å². The van der Waals surface area contributed by atoms with Crippen LogP contribution < -0.4 is 10.6 Å². The predicted molar refractivity (Wildman–Crippen MR) is 194 cm³/mol. The molecule has 1 aliphatic rings. The fourth-order valence-electron chi connectivity index (χ4n) is 4.39. The Bertz CT molecular complexity index is 1470. The van der Waals surface area contributed by atoms with Gasteiger partial charge in [-0.3, -0.25) is 33.6 Å². The van der Waals surface area contributed by atoms with Crippen molar-refractivity contribution in [2.24, 2.45) is 0 Å². The van der Waals surface area contributed by atoms with Gasteiger partial charge in [-0.05, 0) is 81.6 Å². The number of esters is 5. The standard InChI is InChI=1S/C30H37I3N2O14/c1-13(36)43-10-19-24(31)23(29(42)34-20(11-44-14(2)37)22(48-17(5)40)12-45-15(3)38)26(33)27(25(19)32)35-28(41)21(47-16(4)39)8-18-9-46-30(6,7)49-18/h18,20-22H,8-12H2,1-7H3,(H,34,42)(H,35,41). The molecule has 0 aliphatic carbocycles. The molecule has 19 heteroatoms. The van der Waals surface area contributed by atoms with E-state index < -0.39 is 85.0 Å². The van der Waals surface area contributed by atoms with Crippen molar-refractivity contribution in [1.82, 2.24) is 5.32 Å². The molecule has 1 aliphatic heterocycles. The first-order valence-corrected chi connectivity index (χ1v) is 17.8. The number of carbonyl (C=O) groups excluding carboxylic acids is 7. The van der Waals surface area contributed by atoms with Crippen LogP contribution in [0.3, 0.4) is 0 Å². The summed E-state index contributed by atoms with van der Waals surface area (Å²) in [6.45, 7) is 8.14. The molecule has 1 aromatic carbocycles. The Morgan fingerprint density at radius 1 is 0.796 bits per heavy atom. The van der Waals surface area contributed by atoms with Gasteiger partial charge in [-0.25, -0.2) is 0 Å². The van der Waals surface area contributed by atoms with Gasteiger partial charge in [0.1, 0.15) is 25.9 Å². The third-order valence-electron chi connectivity index (χ3n) is 6.45. The summed E-state index contributed by atoms with van der Waals surface area (Å²) in [6.07, 6.45) is -3.16. The van der Waals surface area contributed by atoms with Crippen LogP contribution >= 0.6 is 67.8 Å². The van der Waals surface area contributed by atoms with Crippen molar-refractivity contribution in [2.45, 2.75) is 91.6 Å². The number of anilines is 1. The minimum absolute atomic E-state index is 0.0132. The summed E-state index contributed by atoms with van der Waals surface area (Å²) in [5.74, 6) is -5.84. The summed E-state index contributed by atoms with van der Waals surface area (Å²) in [7, 11) is 0. The van der Waals surface area contributed by atoms with Gasteiger partial charge >= 0.3 is 29.8 Å². The fourth-order valence-corrected chi connectivity index (χ4v) is 8.63. The molecule has 0 spiro atoms. The van der Waals surface area contributed by atoms with Gasteiger partial charge in [0.05, 0.1) is 27.5 Å². The highest BCUT2D eigenvalue weighted by molar-refractivity contribution is 14.1. The minimum Gasteiger partial charge on any atom is -0.464 e. The Hall–Kier alpha value is -2.38. The maximum atomic E-state index is 14.0. The Labute approximate surface area is 323 Å². The third-order valence-corrected chi connectivity index (χ3v) is 9.91. The van der Waals surface area contributed by atoms with Gasteiger partial charge in [-0.15, -0.1) is 0 Å². The minimum atomic E-state index is -1.31. The first-order valence-electron chi connectivity index (χ1n) is 14.6. The summed E-state index contributed by atoms with van der Waals surface area (Å²) in [5, 5.41) is 5.44. The molecule has 0 radical (unpaired) electrons. The Balaban J connectivity index is 2.60. The highest BCUT2D eigenvalue weighted by Gasteiger charge is 2.38. The van der Waals surface area contributed by atoms with Crippen molar-refractivity contribution < 1.29 is 66.7 Å². The molecular formula is C30H37I3N2O14. The lowest BCUT2D eigenvalue weighted by molar-refractivity contribution is -0.160. The molecular weight excluding hydrogens is 993 g/mol. The molecule has 4 atom stereocenters. The highest BCUT2D eigenvalue weighted by Crippen LogP contribution is 2.37. The maximum absolute atomic E-state index is 14.0. The van der Waals surface area contributed by atoms with Gasteiger partial charge in [0, 0.05) is 53.7 Å². The number of rotatable bonds is 15. The van der Waals surface area contributed by atoms with Gasteiger partial charge in [0.2, 0.25) is 0 Å². The highest BCUT2D eigenvalue weighted by atomic mass is 127. The van der Waals surface area contributed by atoms with Gasteiger partial charge in [-0.2, -0.15) is 0 Å². The average Bonchev–Trinajstić information content (AvgIpc) is 3.31. The topological polar surface area (TPSA) is 208 Å². The van der Waals surface area contributed by atoms with Crippen LogP contribution in [0.4, 0.5) is 5.69 Å². The molecule has 1 heterocycles. The molecule has 0 saturated carbocycles. The van der Waals surface area contributed by atoms with Crippen LogP contribution in [0.15, 0.2) is 0 Å². The van der Waals surface area contributed by atoms with Crippen molar-refractivity contribution in [2.75, 3.05) is 25.1 Å². The number of ether oxygens (including phenoxy) is 7. The monoisotopic (exact) mass is 1030 g/mol. The molecule has 2 rings (SSSR count). The quantitative estimate of drug-likeness (QED) is 0.147. The molecule has 0 aromatic heterocycles. The lowest BCUT2D eigenvalue weighted by atomic mass is 10.1. The SMILES string of the molecule is CC(=O)OCc1c(I)c(NC(=O)C(CC2COC(C)(C)O2)OC(C)=O)c(I)c(C(=O)NC(COC(C)=O)C(COC(C)=O)OC(C)=O)c1I. The third kappa shape index (κ3) is 13.7. The van der Waals surface area contributed by atoms with Crippen LogP contribution in [-0.2, 0) is 68.5 Å². The van der Waals surface area contributed by atoms with Crippen molar-refractivity contribution in [3.63, 3.8) is 0 Å². The molecule has 49 heavy (non-hydrogen) atoms. The van der Waals surface area contributed by atoms with Crippen LogP contribution in [0.2, 0.25) is 0 Å². The smallest absolute Gasteiger partial charge is 0.303 e. The summed E-state index contributed by atoms with van der Waals surface area (Å²) < 4.78 is 38.4. The van der Waals surface area contributed by atoms with Crippen LogP contribution in [-0.4, -0.2) is 91.6 Å². The van der Waals surface area contributed by atoms with E-state index in [0.717, 1.165) is 27.7 Å². The van der Waals surface area contributed by atoms with Crippen molar-refractivity contribution in [1.29, 1.82) is 0 Å². The summed E-state index contributed by atoms with van der Waals surface area (Å²) in [6, 6.07) is -1.20. The molecule has 1 aromatic rings. The van der Waals surface area contributed by atoms with Crippen molar-refractivity contribution in [3.8, 4) is 0 Å². The Kier molecular flexibility index (Phi) is 16.8. The predicted octanol–water partition coefficient (Wildman–Crippen LogP) is 3.13. The largest absolute Gasteiger partial charge is 0.464 e. The second-order valence-corrected chi connectivity index (χ2v) is 14.3. The summed E-state index contributed by atoms with van der Waals surface area (Å²) in [5.41, 5.74) is 0.524. The molecule has 4 unspecified atom stereocenters. The van der Waals surface area contributed by atoms with Crippen molar-refractivity contribution in [3.05, 3.63) is 21.8 Å². The molecule has 1 fully saturated rings. The number of nitrogens with one attached hydrogen (secondary N) is 2. The van der Waals surface area contributed by atoms with Gasteiger partial charge in [0.25, 0.3) is 11.8 Å². The van der Waals surface area contributed by atoms with E-state index in [9.17, 15) is 33.6 Å². The van der Waals surface area contributed by atoms with Crippen molar-refractivity contribution >= 4 is 115 Å². The normalized spacial score (nSPS) is 16.7. The van der Waals surface area contributed by atoms with Crippen LogP contribution in [0.25, 0.3) is 0 Å². The molecule has 2 N–H and O–H groups in total. The van der Waals surface area contributed by atoms with Gasteiger partial charge in [0.15, 0.2) is 18.0 Å². The number of amides is 2. The first kappa shape index (κ1) is 42.8. The molecule has 2 amide bonds. The zero-order valence-corrected chi connectivity index (χ0v) is 34.2. The van der Waals surface area contributed by atoms with E-state index in [2.05, 4.69) is 10.6 Å². The second kappa shape index (κ2) is 19.3. The average molecular weight is 1030 g/mol. The van der Waals surface area contributed by atoms with E-state index in [1.165, 1.54) is 6.92 Å². The Morgan fingerprint density at radius 3 is 1.88 bits per heavy atom. The van der Waals surface area contributed by atoms with E-state index >= 15 is 0 Å². The van der Waals surface area contributed by atoms with E-state index in [0.29, 0.717) is 12.7 Å². The zero-order valence-electron chi connectivity index (χ0n) is 27.7. The molecule has 1 saturated heterocycles. The number of hydrogen-bond donors (Lipinski definition) is 2.